The number of hydrogen-bond acceptors (Lipinski definition) is 4. The summed E-state index contributed by atoms with van der Waals surface area (Å²) in [6, 6.07) is 6.40. The van der Waals surface area contributed by atoms with E-state index in [1.54, 1.807) is 0 Å². The summed E-state index contributed by atoms with van der Waals surface area (Å²) >= 11 is 0. The zero-order chi connectivity index (χ0) is 19.5. The molecule has 2 aliphatic rings. The van der Waals surface area contributed by atoms with E-state index < -0.39 is 13.4 Å². The van der Waals surface area contributed by atoms with Crippen molar-refractivity contribution in [3.8, 4) is 0 Å². The Bertz CT molecular complexity index is 661. The fourth-order valence-corrected chi connectivity index (χ4v) is 3.20. The molecule has 5 heteroatoms. The number of rotatable bonds is 3. The third-order valence-corrected chi connectivity index (χ3v) is 6.57. The molecule has 0 N–H and O–H groups in total. The maximum absolute atomic E-state index is 6.32. The highest BCUT2D eigenvalue weighted by Gasteiger charge is 2.54. The summed E-state index contributed by atoms with van der Waals surface area (Å²) in [6.07, 6.45) is 0.524. The van der Waals surface area contributed by atoms with Crippen molar-refractivity contribution in [1.29, 1.82) is 0 Å². The van der Waals surface area contributed by atoms with E-state index in [0.29, 0.717) is 0 Å². The quantitative estimate of drug-likeness (QED) is 0.759. The van der Waals surface area contributed by atoms with Crippen molar-refractivity contribution in [1.82, 2.24) is 0 Å². The molecule has 0 saturated carbocycles. The summed E-state index contributed by atoms with van der Waals surface area (Å²) in [5.74, 6) is 0. The minimum Gasteiger partial charge on any atom is -0.399 e. The molecule has 0 unspecified atom stereocenters. The van der Waals surface area contributed by atoms with Crippen LogP contribution < -0.4 is 5.46 Å². The van der Waals surface area contributed by atoms with E-state index in [0.717, 1.165) is 17.4 Å². The van der Waals surface area contributed by atoms with E-state index >= 15 is 0 Å². The second kappa shape index (κ2) is 6.06. The molecule has 4 nitrogen and oxygen atoms in total. The van der Waals surface area contributed by atoms with E-state index in [1.165, 1.54) is 5.56 Å². The van der Waals surface area contributed by atoms with Crippen molar-refractivity contribution >= 4 is 12.6 Å². The number of aryl methyl sites for hydroxylation is 1. The Balaban J connectivity index is 2.01. The van der Waals surface area contributed by atoms with Crippen molar-refractivity contribution in [2.45, 2.75) is 97.4 Å². The molecule has 0 amide bonds. The van der Waals surface area contributed by atoms with Crippen molar-refractivity contribution < 1.29 is 18.8 Å². The highest BCUT2D eigenvalue weighted by atomic mass is 16.7. The lowest BCUT2D eigenvalue weighted by Crippen LogP contribution is -2.41. The molecule has 144 valence electrons. The predicted octanol–water partition coefficient (Wildman–Crippen LogP) is 4.15. The molecule has 26 heavy (non-hydrogen) atoms. The van der Waals surface area contributed by atoms with Gasteiger partial charge in [-0.2, -0.15) is 0 Å². The summed E-state index contributed by atoms with van der Waals surface area (Å²) in [7, 11) is -0.431. The molecule has 0 aromatic heterocycles. The highest BCUT2D eigenvalue weighted by Crippen LogP contribution is 2.45. The normalized spacial score (nSPS) is 26.4. The zero-order valence-corrected chi connectivity index (χ0v) is 17.7. The first-order valence-electron chi connectivity index (χ1n) is 9.64. The molecule has 2 fully saturated rings. The van der Waals surface area contributed by atoms with Gasteiger partial charge in [0.15, 0.2) is 6.29 Å². The molecule has 0 atom stereocenters. The van der Waals surface area contributed by atoms with Gasteiger partial charge in [-0.25, -0.2) is 0 Å². The van der Waals surface area contributed by atoms with Crippen LogP contribution in [0.1, 0.15) is 79.7 Å². The lowest BCUT2D eigenvalue weighted by Gasteiger charge is -2.32. The fourth-order valence-electron chi connectivity index (χ4n) is 3.20. The third-order valence-electron chi connectivity index (χ3n) is 6.57. The molecule has 2 heterocycles. The Hall–Kier alpha value is -0.875. The Labute approximate surface area is 158 Å². The minimum absolute atomic E-state index is 0.381. The first kappa shape index (κ1) is 19.9. The molecule has 1 aromatic carbocycles. The number of benzene rings is 1. The zero-order valence-electron chi connectivity index (χ0n) is 17.7. The molecule has 0 bridgehead atoms. The van der Waals surface area contributed by atoms with Gasteiger partial charge < -0.3 is 18.8 Å². The van der Waals surface area contributed by atoms with Crippen LogP contribution in [0, 0.1) is 0 Å². The SMILES string of the molecule is CCc1ccc(B2OC(C)(C)C(C)(C)O2)c(C2OC(C)(C)C(C)(C)O2)c1. The van der Waals surface area contributed by atoms with Crippen molar-refractivity contribution in [3.63, 3.8) is 0 Å². The van der Waals surface area contributed by atoms with E-state index in [1.807, 2.05) is 0 Å². The van der Waals surface area contributed by atoms with Crippen LogP contribution in [0.3, 0.4) is 0 Å². The van der Waals surface area contributed by atoms with Crippen LogP contribution in [0.5, 0.6) is 0 Å². The van der Waals surface area contributed by atoms with Crippen molar-refractivity contribution in [3.05, 3.63) is 29.3 Å². The van der Waals surface area contributed by atoms with Gasteiger partial charge in [-0.1, -0.05) is 25.1 Å². The first-order chi connectivity index (χ1) is 11.8. The average Bonchev–Trinajstić information content (AvgIpc) is 2.86. The first-order valence-corrected chi connectivity index (χ1v) is 9.64. The van der Waals surface area contributed by atoms with Gasteiger partial charge in [-0.3, -0.25) is 0 Å². The minimum atomic E-state index is -0.431. The van der Waals surface area contributed by atoms with Gasteiger partial charge in [0.2, 0.25) is 0 Å². The van der Waals surface area contributed by atoms with Crippen LogP contribution >= 0.6 is 0 Å². The van der Waals surface area contributed by atoms with Gasteiger partial charge >= 0.3 is 7.12 Å². The van der Waals surface area contributed by atoms with Crippen molar-refractivity contribution in [2.75, 3.05) is 0 Å². The topological polar surface area (TPSA) is 36.9 Å². The van der Waals surface area contributed by atoms with Crippen LogP contribution in [0.2, 0.25) is 0 Å². The second-order valence-corrected chi connectivity index (χ2v) is 9.49. The molecular weight excluding hydrogens is 327 g/mol. The van der Waals surface area contributed by atoms with Gasteiger partial charge in [-0.05, 0) is 72.8 Å². The van der Waals surface area contributed by atoms with Crippen molar-refractivity contribution in [2.24, 2.45) is 0 Å². The standard InChI is InChI=1S/C21H33BO4/c1-10-14-11-12-16(22-25-20(6,7)21(8,9)26-22)15(13-14)17-23-18(2,3)19(4,5)24-17/h11-13,17H,10H2,1-9H3. The Morgan fingerprint density at radius 2 is 1.31 bits per heavy atom. The summed E-state index contributed by atoms with van der Waals surface area (Å²) in [5, 5.41) is 0. The molecule has 2 aliphatic heterocycles. The van der Waals surface area contributed by atoms with E-state index in [-0.39, 0.29) is 22.4 Å². The van der Waals surface area contributed by atoms with E-state index in [2.05, 4.69) is 80.5 Å². The van der Waals surface area contributed by atoms with Gasteiger partial charge in [0, 0.05) is 5.56 Å². The Morgan fingerprint density at radius 1 is 0.808 bits per heavy atom. The molecule has 0 radical (unpaired) electrons. The summed E-state index contributed by atoms with van der Waals surface area (Å²) in [4.78, 5) is 0. The summed E-state index contributed by atoms with van der Waals surface area (Å²) < 4.78 is 25.2. The number of ether oxygens (including phenoxy) is 2. The largest absolute Gasteiger partial charge is 0.495 e. The van der Waals surface area contributed by atoms with Crippen LogP contribution in [-0.2, 0) is 25.2 Å². The molecule has 3 rings (SSSR count). The third kappa shape index (κ3) is 3.13. The average molecular weight is 360 g/mol. The lowest BCUT2D eigenvalue weighted by molar-refractivity contribution is -0.0890. The van der Waals surface area contributed by atoms with Gasteiger partial charge in [0.05, 0.1) is 22.4 Å². The van der Waals surface area contributed by atoms with E-state index in [9.17, 15) is 0 Å². The summed E-state index contributed by atoms with van der Waals surface area (Å²) in [6.45, 7) is 18.7. The van der Waals surface area contributed by atoms with Gasteiger partial charge in [-0.15, -0.1) is 0 Å². The highest BCUT2D eigenvalue weighted by molar-refractivity contribution is 6.62. The molecule has 2 saturated heterocycles. The monoisotopic (exact) mass is 360 g/mol. The lowest BCUT2D eigenvalue weighted by atomic mass is 9.75. The van der Waals surface area contributed by atoms with Crippen LogP contribution in [0.4, 0.5) is 0 Å². The Morgan fingerprint density at radius 3 is 1.77 bits per heavy atom. The molecule has 1 aromatic rings. The predicted molar refractivity (Wildman–Crippen MR) is 105 cm³/mol. The second-order valence-electron chi connectivity index (χ2n) is 9.49. The molecule has 0 aliphatic carbocycles. The maximum Gasteiger partial charge on any atom is 0.495 e. The van der Waals surface area contributed by atoms with Crippen LogP contribution in [0.25, 0.3) is 0 Å². The Kier molecular flexibility index (Phi) is 4.64. The van der Waals surface area contributed by atoms with Crippen LogP contribution in [-0.4, -0.2) is 29.5 Å². The van der Waals surface area contributed by atoms with Gasteiger partial charge in [0.1, 0.15) is 0 Å². The van der Waals surface area contributed by atoms with Gasteiger partial charge in [0.25, 0.3) is 0 Å². The van der Waals surface area contributed by atoms with Crippen LogP contribution in [0.15, 0.2) is 18.2 Å². The molecule has 0 spiro atoms. The maximum atomic E-state index is 6.32. The fraction of sp³-hybridized carbons (Fsp3) is 0.714. The summed E-state index contributed by atoms with van der Waals surface area (Å²) in [5.41, 5.74) is 1.71. The molecular formula is C21H33BO4. The number of hydrogen-bond donors (Lipinski definition) is 0. The van der Waals surface area contributed by atoms with E-state index in [4.69, 9.17) is 18.8 Å². The smallest absolute Gasteiger partial charge is 0.399 e.